The summed E-state index contributed by atoms with van der Waals surface area (Å²) in [4.78, 5) is 2.41. The standard InChI is InChI=1S/C14H21N3OS/c1-17-5-7-19-9-12(17)14(16-15)11-2-3-13-10(8-11)4-6-18-13/h2-3,8,12,14,16H,4-7,9,15H2,1H3. The SMILES string of the molecule is CN1CCSCC1C(NN)c1ccc2c(c1)CCO2. The van der Waals surface area contributed by atoms with Crippen LogP contribution in [0.1, 0.15) is 17.2 Å². The summed E-state index contributed by atoms with van der Waals surface area (Å²) in [7, 11) is 2.19. The highest BCUT2D eigenvalue weighted by molar-refractivity contribution is 7.99. The quantitative estimate of drug-likeness (QED) is 0.642. The lowest BCUT2D eigenvalue weighted by Crippen LogP contribution is -2.49. The molecule has 0 bridgehead atoms. The molecule has 0 aliphatic carbocycles. The fourth-order valence-electron chi connectivity index (χ4n) is 2.89. The molecule has 1 fully saturated rings. The van der Waals surface area contributed by atoms with Crippen LogP contribution in [0.3, 0.4) is 0 Å². The van der Waals surface area contributed by atoms with Crippen molar-refractivity contribution in [1.82, 2.24) is 10.3 Å². The smallest absolute Gasteiger partial charge is 0.122 e. The molecule has 19 heavy (non-hydrogen) atoms. The summed E-state index contributed by atoms with van der Waals surface area (Å²) in [6.45, 7) is 1.93. The van der Waals surface area contributed by atoms with E-state index in [0.717, 1.165) is 31.1 Å². The fourth-order valence-corrected chi connectivity index (χ4v) is 4.16. The molecule has 104 valence electrons. The number of fused-ring (bicyclic) bond motifs is 1. The maximum atomic E-state index is 5.83. The number of thioether (sulfide) groups is 1. The van der Waals surface area contributed by atoms with Crippen LogP contribution in [-0.4, -0.2) is 42.6 Å². The predicted octanol–water partition coefficient (Wildman–Crippen LogP) is 1.17. The molecule has 2 unspecified atom stereocenters. The second kappa shape index (κ2) is 5.71. The second-order valence-electron chi connectivity index (χ2n) is 5.23. The van der Waals surface area contributed by atoms with Gasteiger partial charge in [-0.3, -0.25) is 16.2 Å². The van der Waals surface area contributed by atoms with Crippen LogP contribution in [0.15, 0.2) is 18.2 Å². The summed E-state index contributed by atoms with van der Waals surface area (Å²) >= 11 is 2.01. The van der Waals surface area contributed by atoms with Gasteiger partial charge in [-0.1, -0.05) is 12.1 Å². The Labute approximate surface area is 118 Å². The first-order chi connectivity index (χ1) is 9.29. The average molecular weight is 279 g/mol. The fraction of sp³-hybridized carbons (Fsp3) is 0.571. The van der Waals surface area contributed by atoms with E-state index in [2.05, 4.69) is 35.6 Å². The topological polar surface area (TPSA) is 50.5 Å². The zero-order chi connectivity index (χ0) is 13.2. The van der Waals surface area contributed by atoms with Gasteiger partial charge in [0, 0.05) is 30.5 Å². The third-order valence-electron chi connectivity index (χ3n) is 4.08. The van der Waals surface area contributed by atoms with Gasteiger partial charge in [0.25, 0.3) is 0 Å². The van der Waals surface area contributed by atoms with E-state index in [1.165, 1.54) is 16.9 Å². The zero-order valence-corrected chi connectivity index (χ0v) is 12.1. The van der Waals surface area contributed by atoms with E-state index >= 15 is 0 Å². The van der Waals surface area contributed by atoms with Crippen LogP contribution in [0.2, 0.25) is 0 Å². The Morgan fingerprint density at radius 1 is 1.53 bits per heavy atom. The first kappa shape index (κ1) is 13.2. The molecule has 3 N–H and O–H groups in total. The zero-order valence-electron chi connectivity index (χ0n) is 11.3. The first-order valence-corrected chi connectivity index (χ1v) is 7.95. The van der Waals surface area contributed by atoms with Crippen molar-refractivity contribution in [1.29, 1.82) is 0 Å². The van der Waals surface area contributed by atoms with Crippen LogP contribution >= 0.6 is 11.8 Å². The first-order valence-electron chi connectivity index (χ1n) is 6.79. The predicted molar refractivity (Wildman–Crippen MR) is 79.4 cm³/mol. The van der Waals surface area contributed by atoms with Gasteiger partial charge in [-0.15, -0.1) is 0 Å². The van der Waals surface area contributed by atoms with Gasteiger partial charge in [0.2, 0.25) is 0 Å². The van der Waals surface area contributed by atoms with Gasteiger partial charge in [0.15, 0.2) is 0 Å². The molecule has 1 aromatic carbocycles. The Bertz CT molecular complexity index is 454. The van der Waals surface area contributed by atoms with Gasteiger partial charge >= 0.3 is 0 Å². The van der Waals surface area contributed by atoms with Gasteiger partial charge in [-0.2, -0.15) is 11.8 Å². The van der Waals surface area contributed by atoms with E-state index in [1.54, 1.807) is 0 Å². The molecule has 2 aliphatic rings. The van der Waals surface area contributed by atoms with Crippen molar-refractivity contribution in [3.63, 3.8) is 0 Å². The Hall–Kier alpha value is -0.750. The highest BCUT2D eigenvalue weighted by atomic mass is 32.2. The molecule has 1 saturated heterocycles. The van der Waals surface area contributed by atoms with E-state index in [9.17, 15) is 0 Å². The van der Waals surface area contributed by atoms with Gasteiger partial charge < -0.3 is 4.74 Å². The molecule has 2 atom stereocenters. The Kier molecular flexibility index (Phi) is 3.98. The molecule has 0 spiro atoms. The minimum atomic E-state index is 0.184. The van der Waals surface area contributed by atoms with Gasteiger partial charge in [0.05, 0.1) is 12.6 Å². The molecule has 2 heterocycles. The molecule has 1 aromatic rings. The van der Waals surface area contributed by atoms with E-state index in [0.29, 0.717) is 6.04 Å². The third kappa shape index (κ3) is 2.60. The largest absolute Gasteiger partial charge is 0.493 e. The lowest BCUT2D eigenvalue weighted by atomic mass is 9.97. The summed E-state index contributed by atoms with van der Waals surface area (Å²) in [5.74, 6) is 9.19. The van der Waals surface area contributed by atoms with Crippen molar-refractivity contribution in [2.75, 3.05) is 31.7 Å². The van der Waals surface area contributed by atoms with Crippen LogP contribution in [0, 0.1) is 0 Å². The lowest BCUT2D eigenvalue weighted by molar-refractivity contribution is 0.216. The number of hydrogen-bond acceptors (Lipinski definition) is 5. The Morgan fingerprint density at radius 2 is 2.42 bits per heavy atom. The number of ether oxygens (including phenoxy) is 1. The van der Waals surface area contributed by atoms with Crippen LogP contribution in [-0.2, 0) is 6.42 Å². The van der Waals surface area contributed by atoms with Crippen molar-refractivity contribution in [2.45, 2.75) is 18.5 Å². The average Bonchev–Trinajstić information content (AvgIpc) is 2.89. The molecule has 0 amide bonds. The van der Waals surface area contributed by atoms with Crippen LogP contribution in [0.25, 0.3) is 0 Å². The molecule has 0 radical (unpaired) electrons. The molecule has 3 rings (SSSR count). The molecular formula is C14H21N3OS. The van der Waals surface area contributed by atoms with E-state index in [1.807, 2.05) is 11.8 Å². The van der Waals surface area contributed by atoms with Crippen molar-refractivity contribution >= 4 is 11.8 Å². The number of hydrogen-bond donors (Lipinski definition) is 2. The maximum absolute atomic E-state index is 5.83. The lowest BCUT2D eigenvalue weighted by Gasteiger charge is -2.37. The Balaban J connectivity index is 1.85. The monoisotopic (exact) mass is 279 g/mol. The summed E-state index contributed by atoms with van der Waals surface area (Å²) in [5, 5.41) is 0. The highest BCUT2D eigenvalue weighted by Gasteiger charge is 2.29. The third-order valence-corrected chi connectivity index (χ3v) is 5.13. The number of benzene rings is 1. The minimum absolute atomic E-state index is 0.184. The van der Waals surface area contributed by atoms with Crippen molar-refractivity contribution in [3.05, 3.63) is 29.3 Å². The number of nitrogens with one attached hydrogen (secondary N) is 1. The van der Waals surface area contributed by atoms with Gasteiger partial charge in [-0.05, 0) is 24.2 Å². The van der Waals surface area contributed by atoms with Crippen LogP contribution in [0.4, 0.5) is 0 Å². The summed E-state index contributed by atoms with van der Waals surface area (Å²) in [5.41, 5.74) is 5.59. The molecule has 4 nitrogen and oxygen atoms in total. The van der Waals surface area contributed by atoms with Crippen LogP contribution < -0.4 is 16.0 Å². The summed E-state index contributed by atoms with van der Waals surface area (Å²) in [6.07, 6.45) is 1.01. The van der Waals surface area contributed by atoms with Gasteiger partial charge in [-0.25, -0.2) is 0 Å². The molecule has 2 aliphatic heterocycles. The van der Waals surface area contributed by atoms with Crippen molar-refractivity contribution in [2.24, 2.45) is 5.84 Å². The Morgan fingerprint density at radius 3 is 3.21 bits per heavy atom. The van der Waals surface area contributed by atoms with Crippen LogP contribution in [0.5, 0.6) is 5.75 Å². The van der Waals surface area contributed by atoms with Crippen molar-refractivity contribution < 1.29 is 4.74 Å². The molecular weight excluding hydrogens is 258 g/mol. The summed E-state index contributed by atoms with van der Waals surface area (Å²) in [6, 6.07) is 7.10. The number of nitrogens with zero attached hydrogens (tertiary/aromatic N) is 1. The highest BCUT2D eigenvalue weighted by Crippen LogP contribution is 2.31. The van der Waals surface area contributed by atoms with E-state index in [4.69, 9.17) is 10.6 Å². The normalized spacial score (nSPS) is 24.8. The van der Waals surface area contributed by atoms with E-state index in [-0.39, 0.29) is 6.04 Å². The minimum Gasteiger partial charge on any atom is -0.493 e. The number of hydrazine groups is 1. The summed E-state index contributed by atoms with van der Waals surface area (Å²) < 4.78 is 5.57. The maximum Gasteiger partial charge on any atom is 0.122 e. The second-order valence-corrected chi connectivity index (χ2v) is 6.38. The van der Waals surface area contributed by atoms with Gasteiger partial charge in [0.1, 0.15) is 5.75 Å². The van der Waals surface area contributed by atoms with Crippen molar-refractivity contribution in [3.8, 4) is 5.75 Å². The molecule has 0 saturated carbocycles. The van der Waals surface area contributed by atoms with E-state index < -0.39 is 0 Å². The number of nitrogens with two attached hydrogens (primary N) is 1. The molecule has 5 heteroatoms. The number of likely N-dealkylation sites (N-methyl/N-ethyl adjacent to an activating group) is 1. The molecule has 0 aromatic heterocycles. The number of rotatable bonds is 3.